The van der Waals surface area contributed by atoms with Crippen molar-refractivity contribution in [3.8, 4) is 0 Å². The molecule has 0 aromatic rings. The first-order chi connectivity index (χ1) is 5.00. The molecule has 0 nitrogen and oxygen atoms in total. The van der Waals surface area contributed by atoms with Gasteiger partial charge in [0, 0.05) is 0 Å². The van der Waals surface area contributed by atoms with Crippen LogP contribution in [0, 0.1) is 20.8 Å². The highest BCUT2D eigenvalue weighted by molar-refractivity contribution is 3.94. The third-order valence-electron chi connectivity index (χ3n) is 0. The zero-order valence-corrected chi connectivity index (χ0v) is 9.12. The first-order valence-electron chi connectivity index (χ1n) is 4.12. The molecule has 0 spiro atoms. The summed E-state index contributed by atoms with van der Waals surface area (Å²) < 4.78 is 0. The van der Waals surface area contributed by atoms with E-state index in [9.17, 15) is 0 Å². The van der Waals surface area contributed by atoms with Crippen LogP contribution in [0.25, 0.3) is 0 Å². The molecule has 0 unspecified atom stereocenters. The molecule has 0 aromatic carbocycles. The lowest BCUT2D eigenvalue weighted by Crippen LogP contribution is -0.888. The molecule has 0 fully saturated rings. The lowest BCUT2D eigenvalue weighted by atomic mass is 11.0. The van der Waals surface area contributed by atoms with Gasteiger partial charge < -0.3 is 0 Å². The summed E-state index contributed by atoms with van der Waals surface area (Å²) >= 11 is 0. The molecule has 0 heterocycles. The van der Waals surface area contributed by atoms with Crippen molar-refractivity contribution in [1.29, 1.82) is 0 Å². The third-order valence-corrected chi connectivity index (χ3v) is 0. The molecule has 0 bridgehead atoms. The Morgan fingerprint density at radius 2 is 0.400 bits per heavy atom. The Balaban J connectivity index is -0.0000000104. The standard InChI is InChI=1S/2C2H6.3C2H5/c5*1-2/h2*1-2H3;3*1H2,2H3/q;;3*+1. The normalized spacial score (nSPS) is 2.70. The van der Waals surface area contributed by atoms with Gasteiger partial charge in [0.1, 0.15) is 0 Å². The predicted octanol–water partition coefficient (Wildman–Crippen LogP) is 4.57. The van der Waals surface area contributed by atoms with Gasteiger partial charge in [0.05, 0.1) is 41.5 Å². The van der Waals surface area contributed by atoms with Crippen molar-refractivity contribution in [3.63, 3.8) is 0 Å². The molecular formula is C10H27+3. The highest BCUT2D eigenvalue weighted by Gasteiger charge is 1.07. The summed E-state index contributed by atoms with van der Waals surface area (Å²) in [7, 11) is 0. The molecule has 10 heavy (non-hydrogen) atoms. The van der Waals surface area contributed by atoms with E-state index in [1.165, 1.54) is 0 Å². The summed E-state index contributed by atoms with van der Waals surface area (Å²) in [6.45, 7) is 23.0. The quantitative estimate of drug-likeness (QED) is 0.440. The summed E-state index contributed by atoms with van der Waals surface area (Å²) in [5.41, 5.74) is 0. The second-order valence-corrected chi connectivity index (χ2v) is 0. The third kappa shape index (κ3) is 2190. The van der Waals surface area contributed by atoms with Crippen LogP contribution in [-0.4, -0.2) is 0 Å². The Morgan fingerprint density at radius 1 is 0.400 bits per heavy atom. The van der Waals surface area contributed by atoms with Crippen molar-refractivity contribution in [1.82, 2.24) is 0 Å². The van der Waals surface area contributed by atoms with E-state index in [-0.39, 0.29) is 0 Å². The van der Waals surface area contributed by atoms with Crippen LogP contribution in [-0.2, 0) is 0 Å². The molecular weight excluding hydrogens is 120 g/mol. The molecule has 0 radical (unpaired) electrons. The Hall–Kier alpha value is -0.390. The number of rotatable bonds is 0. The van der Waals surface area contributed by atoms with Crippen molar-refractivity contribution in [2.24, 2.45) is 0 Å². The van der Waals surface area contributed by atoms with E-state index in [4.69, 9.17) is 0 Å². The molecule has 0 saturated carbocycles. The van der Waals surface area contributed by atoms with Gasteiger partial charge in [0.2, 0.25) is 0 Å². The summed E-state index contributed by atoms with van der Waals surface area (Å²) in [5, 5.41) is 0. The van der Waals surface area contributed by atoms with Crippen molar-refractivity contribution in [2.45, 2.75) is 48.5 Å². The van der Waals surface area contributed by atoms with Crippen LogP contribution >= 0.6 is 0 Å². The molecule has 0 atom stereocenters. The van der Waals surface area contributed by atoms with Gasteiger partial charge in [-0.25, -0.2) is 0 Å². The van der Waals surface area contributed by atoms with Gasteiger partial charge in [-0.15, -0.1) is 0 Å². The first kappa shape index (κ1) is 33.5. The largest absolute Gasteiger partial charge is 0.0746 e. The molecule has 0 amide bonds. The van der Waals surface area contributed by atoms with Gasteiger partial charge in [0.15, 0.2) is 0 Å². The maximum Gasteiger partial charge on any atom is 0.0746 e. The van der Waals surface area contributed by atoms with Gasteiger partial charge in [-0.1, -0.05) is 27.7 Å². The van der Waals surface area contributed by atoms with Crippen LogP contribution in [0.3, 0.4) is 0 Å². The molecule has 0 aliphatic carbocycles. The maximum atomic E-state index is 3.25. The molecule has 0 aliphatic heterocycles. The van der Waals surface area contributed by atoms with E-state index in [0.717, 1.165) is 0 Å². The molecule has 64 valence electrons. The Morgan fingerprint density at radius 3 is 0.400 bits per heavy atom. The second kappa shape index (κ2) is 3280. The molecule has 0 heteroatoms. The lowest BCUT2D eigenvalue weighted by molar-refractivity contribution is 1.50. The van der Waals surface area contributed by atoms with Crippen molar-refractivity contribution in [3.05, 3.63) is 20.8 Å². The molecule has 0 aliphatic rings. The fraction of sp³-hybridized carbons (Fsp3) is 0.700. The Bertz CT molecular complexity index is 0. The van der Waals surface area contributed by atoms with E-state index in [1.807, 2.05) is 27.7 Å². The Labute approximate surface area is 70.0 Å². The van der Waals surface area contributed by atoms with E-state index in [2.05, 4.69) is 20.8 Å². The Kier molecular flexibility index (Phi) is 11000. The zero-order valence-electron chi connectivity index (χ0n) is 9.12. The first-order valence-corrected chi connectivity index (χ1v) is 4.12. The predicted molar refractivity (Wildman–Crippen MR) is 55.8 cm³/mol. The molecule has 0 saturated heterocycles. The minimum absolute atomic E-state index is 1.75. The van der Waals surface area contributed by atoms with Gasteiger partial charge in [-0.3, -0.25) is 0 Å². The van der Waals surface area contributed by atoms with E-state index in [1.54, 1.807) is 20.8 Å². The van der Waals surface area contributed by atoms with E-state index in [0.29, 0.717) is 0 Å². The van der Waals surface area contributed by atoms with Crippen molar-refractivity contribution >= 4 is 0 Å². The second-order valence-electron chi connectivity index (χ2n) is 0. The summed E-state index contributed by atoms with van der Waals surface area (Å²) in [6, 6.07) is 0. The van der Waals surface area contributed by atoms with Crippen LogP contribution in [0.2, 0.25) is 0 Å². The van der Waals surface area contributed by atoms with Gasteiger partial charge in [-0.05, 0) is 0 Å². The summed E-state index contributed by atoms with van der Waals surface area (Å²) in [4.78, 5) is 0. The van der Waals surface area contributed by atoms with Crippen LogP contribution in [0.1, 0.15) is 48.5 Å². The van der Waals surface area contributed by atoms with Crippen LogP contribution < -0.4 is 0 Å². The van der Waals surface area contributed by atoms with Gasteiger partial charge >= 0.3 is 0 Å². The van der Waals surface area contributed by atoms with Crippen molar-refractivity contribution < 1.29 is 0 Å². The van der Waals surface area contributed by atoms with Crippen LogP contribution in [0.4, 0.5) is 0 Å². The topological polar surface area (TPSA) is 0 Å². The average molecular weight is 147 g/mol. The van der Waals surface area contributed by atoms with E-state index >= 15 is 0 Å². The maximum absolute atomic E-state index is 3.25. The molecule has 0 aromatic heterocycles. The highest BCUT2D eigenvalue weighted by atomic mass is 13.0. The summed E-state index contributed by atoms with van der Waals surface area (Å²) in [5.74, 6) is 0. The zero-order chi connectivity index (χ0) is 10.0. The lowest BCUT2D eigenvalue weighted by Gasteiger charge is -1.07. The van der Waals surface area contributed by atoms with E-state index < -0.39 is 0 Å². The van der Waals surface area contributed by atoms with Crippen molar-refractivity contribution in [2.75, 3.05) is 0 Å². The fourth-order valence-corrected chi connectivity index (χ4v) is 0. The van der Waals surface area contributed by atoms with Crippen LogP contribution in [0.5, 0.6) is 0 Å². The van der Waals surface area contributed by atoms with Gasteiger partial charge in [0.25, 0.3) is 0 Å². The fourth-order valence-electron chi connectivity index (χ4n) is 0. The smallest absolute Gasteiger partial charge is 0.0683 e. The van der Waals surface area contributed by atoms with Crippen LogP contribution in [0.15, 0.2) is 0 Å². The highest BCUT2D eigenvalue weighted by Crippen LogP contribution is 1.15. The minimum Gasteiger partial charge on any atom is -0.0683 e. The number of hydrogen-bond acceptors (Lipinski definition) is 0. The molecule has 0 rings (SSSR count). The van der Waals surface area contributed by atoms with Gasteiger partial charge in [-0.2, -0.15) is 0 Å². The molecule has 0 N–H and O–H groups in total. The minimum atomic E-state index is 1.75. The number of hydrogen-bond donors (Lipinski definition) is 0. The summed E-state index contributed by atoms with van der Waals surface area (Å²) in [6.07, 6.45) is 0. The SMILES string of the molecule is CC.CC.[CH2+]C.[CH2+]C.[CH2+]C. The average Bonchev–Trinajstić information content (AvgIpc) is 2.20. The monoisotopic (exact) mass is 147 g/mol.